The second-order valence-electron chi connectivity index (χ2n) is 5.01. The van der Waals surface area contributed by atoms with Gasteiger partial charge in [-0.05, 0) is 31.2 Å². The summed E-state index contributed by atoms with van der Waals surface area (Å²) >= 11 is 0. The maximum absolute atomic E-state index is 11.0. The van der Waals surface area contributed by atoms with Crippen LogP contribution < -0.4 is 4.74 Å². The minimum atomic E-state index is -0.822. The Bertz CT molecular complexity index is 625. The Balaban J connectivity index is 2.26. The molecule has 0 radical (unpaired) electrons. The van der Waals surface area contributed by atoms with E-state index in [2.05, 4.69) is 5.10 Å². The largest absolute Gasteiger partial charge is 0.494 e. The van der Waals surface area contributed by atoms with Crippen LogP contribution in [0.5, 0.6) is 5.75 Å². The Morgan fingerprint density at radius 3 is 2.82 bits per heavy atom. The number of nitrogens with zero attached hydrogens (tertiary/aromatic N) is 3. The molecule has 0 amide bonds. The average molecular weight is 303 g/mol. The van der Waals surface area contributed by atoms with Gasteiger partial charge in [0.1, 0.15) is 11.4 Å². The van der Waals surface area contributed by atoms with Crippen LogP contribution in [0.15, 0.2) is 36.5 Å². The van der Waals surface area contributed by atoms with Crippen LogP contribution in [-0.2, 0) is 11.3 Å². The van der Waals surface area contributed by atoms with Crippen molar-refractivity contribution < 1.29 is 14.6 Å². The van der Waals surface area contributed by atoms with Gasteiger partial charge < -0.3 is 9.84 Å². The van der Waals surface area contributed by atoms with Gasteiger partial charge in [0.15, 0.2) is 0 Å². The fourth-order valence-electron chi connectivity index (χ4n) is 2.42. The van der Waals surface area contributed by atoms with Crippen molar-refractivity contribution >= 4 is 5.97 Å². The molecule has 2 rings (SSSR count). The number of para-hydroxylation sites is 2. The molecule has 1 aromatic heterocycles. The molecule has 0 saturated carbocycles. The number of carboxylic acids is 1. The lowest BCUT2D eigenvalue weighted by molar-refractivity contribution is -0.138. The van der Waals surface area contributed by atoms with E-state index in [0.717, 1.165) is 30.1 Å². The van der Waals surface area contributed by atoms with Crippen LogP contribution in [0.25, 0.3) is 5.69 Å². The first-order valence-electron chi connectivity index (χ1n) is 7.26. The molecule has 1 heterocycles. The minimum Gasteiger partial charge on any atom is -0.494 e. The van der Waals surface area contributed by atoms with Gasteiger partial charge in [0.05, 0.1) is 19.3 Å². The number of hydrogen-bond donors (Lipinski definition) is 1. The zero-order chi connectivity index (χ0) is 15.9. The summed E-state index contributed by atoms with van der Waals surface area (Å²) in [6.07, 6.45) is 2.61. The Kier molecular flexibility index (Phi) is 5.55. The second kappa shape index (κ2) is 7.61. The van der Waals surface area contributed by atoms with Gasteiger partial charge in [0.25, 0.3) is 0 Å². The van der Waals surface area contributed by atoms with E-state index in [1.165, 1.54) is 0 Å². The van der Waals surface area contributed by atoms with E-state index in [9.17, 15) is 4.79 Å². The molecule has 1 aromatic carbocycles. The Labute approximate surface area is 129 Å². The maximum atomic E-state index is 11.0. The summed E-state index contributed by atoms with van der Waals surface area (Å²) in [5, 5.41) is 13.4. The average Bonchev–Trinajstić information content (AvgIpc) is 2.94. The summed E-state index contributed by atoms with van der Waals surface area (Å²) in [6, 6.07) is 9.53. The monoisotopic (exact) mass is 303 g/mol. The van der Waals surface area contributed by atoms with Crippen molar-refractivity contribution in [2.75, 3.05) is 20.2 Å². The number of carboxylic acid groups (broad SMARTS) is 1. The lowest BCUT2D eigenvalue weighted by atomic mass is 10.2. The lowest BCUT2D eigenvalue weighted by Crippen LogP contribution is -2.30. The lowest BCUT2D eigenvalue weighted by Gasteiger charge is -2.20. The molecular formula is C16H21N3O3. The van der Waals surface area contributed by atoms with E-state index < -0.39 is 5.97 Å². The van der Waals surface area contributed by atoms with Crippen LogP contribution in [0.4, 0.5) is 0 Å². The molecular weight excluding hydrogens is 282 g/mol. The van der Waals surface area contributed by atoms with E-state index in [1.54, 1.807) is 18.0 Å². The molecule has 0 unspecified atom stereocenters. The van der Waals surface area contributed by atoms with Crippen LogP contribution in [0.3, 0.4) is 0 Å². The van der Waals surface area contributed by atoms with Gasteiger partial charge in [-0.3, -0.25) is 9.69 Å². The predicted octanol–water partition coefficient (Wildman–Crippen LogP) is 2.18. The standard InChI is InChI=1S/C16H21N3O3/c1-3-10-18(12-16(20)21)11-13-8-9-17-19(13)14-6-4-5-7-15(14)22-2/h4-9H,3,10-12H2,1-2H3,(H,20,21). The second-order valence-corrected chi connectivity index (χ2v) is 5.01. The number of aliphatic carboxylic acids is 1. The number of ether oxygens (including phenoxy) is 1. The van der Waals surface area contributed by atoms with Gasteiger partial charge in [-0.15, -0.1) is 0 Å². The predicted molar refractivity (Wildman–Crippen MR) is 83.3 cm³/mol. The van der Waals surface area contributed by atoms with Crippen molar-refractivity contribution in [2.24, 2.45) is 0 Å². The molecule has 1 N–H and O–H groups in total. The maximum Gasteiger partial charge on any atom is 0.317 e. The van der Waals surface area contributed by atoms with Gasteiger partial charge >= 0.3 is 5.97 Å². The highest BCUT2D eigenvalue weighted by Crippen LogP contribution is 2.23. The van der Waals surface area contributed by atoms with Gasteiger partial charge in [-0.2, -0.15) is 5.10 Å². The van der Waals surface area contributed by atoms with Crippen molar-refractivity contribution in [1.29, 1.82) is 0 Å². The first-order valence-corrected chi connectivity index (χ1v) is 7.26. The highest BCUT2D eigenvalue weighted by Gasteiger charge is 2.14. The molecule has 0 spiro atoms. The number of aromatic nitrogens is 2. The fraction of sp³-hybridized carbons (Fsp3) is 0.375. The van der Waals surface area contributed by atoms with Crippen molar-refractivity contribution in [3.05, 3.63) is 42.2 Å². The molecule has 0 fully saturated rings. The van der Waals surface area contributed by atoms with Gasteiger partial charge in [0, 0.05) is 12.7 Å². The Hall–Kier alpha value is -2.34. The van der Waals surface area contributed by atoms with Gasteiger partial charge in [-0.25, -0.2) is 4.68 Å². The SMILES string of the molecule is CCCN(CC(=O)O)Cc1ccnn1-c1ccccc1OC. The van der Waals surface area contributed by atoms with Crippen molar-refractivity contribution in [3.63, 3.8) is 0 Å². The highest BCUT2D eigenvalue weighted by atomic mass is 16.5. The summed E-state index contributed by atoms with van der Waals surface area (Å²) in [5.41, 5.74) is 1.77. The molecule has 6 nitrogen and oxygen atoms in total. The summed E-state index contributed by atoms with van der Waals surface area (Å²) in [6.45, 7) is 3.30. The first kappa shape index (κ1) is 16.0. The zero-order valence-corrected chi connectivity index (χ0v) is 12.9. The van der Waals surface area contributed by atoms with Crippen LogP contribution in [0.2, 0.25) is 0 Å². The van der Waals surface area contributed by atoms with Crippen LogP contribution in [0, 0.1) is 0 Å². The molecule has 0 aliphatic carbocycles. The summed E-state index contributed by atoms with van der Waals surface area (Å²) in [4.78, 5) is 12.9. The van der Waals surface area contributed by atoms with Crippen molar-refractivity contribution in [3.8, 4) is 11.4 Å². The van der Waals surface area contributed by atoms with Crippen LogP contribution >= 0.6 is 0 Å². The third-order valence-corrected chi connectivity index (χ3v) is 3.32. The number of rotatable bonds is 8. The first-order chi connectivity index (χ1) is 10.7. The number of benzene rings is 1. The van der Waals surface area contributed by atoms with E-state index >= 15 is 0 Å². The molecule has 0 aliphatic rings. The molecule has 6 heteroatoms. The molecule has 0 atom stereocenters. The summed E-state index contributed by atoms with van der Waals surface area (Å²) in [7, 11) is 1.62. The number of carbonyl (C=O) groups is 1. The topological polar surface area (TPSA) is 67.6 Å². The fourth-order valence-corrected chi connectivity index (χ4v) is 2.42. The molecule has 22 heavy (non-hydrogen) atoms. The van der Waals surface area contributed by atoms with E-state index in [1.807, 2.05) is 42.2 Å². The molecule has 0 bridgehead atoms. The molecule has 2 aromatic rings. The number of methoxy groups -OCH3 is 1. The zero-order valence-electron chi connectivity index (χ0n) is 12.9. The smallest absolute Gasteiger partial charge is 0.317 e. The number of hydrogen-bond acceptors (Lipinski definition) is 4. The Morgan fingerprint density at radius 1 is 1.36 bits per heavy atom. The van der Waals surface area contributed by atoms with Crippen molar-refractivity contribution in [2.45, 2.75) is 19.9 Å². The van der Waals surface area contributed by atoms with E-state index in [-0.39, 0.29) is 6.54 Å². The third-order valence-electron chi connectivity index (χ3n) is 3.32. The van der Waals surface area contributed by atoms with E-state index in [4.69, 9.17) is 9.84 Å². The highest BCUT2D eigenvalue weighted by molar-refractivity contribution is 5.69. The summed E-state index contributed by atoms with van der Waals surface area (Å²) in [5.74, 6) is -0.0930. The van der Waals surface area contributed by atoms with Crippen LogP contribution in [-0.4, -0.2) is 46.0 Å². The summed E-state index contributed by atoms with van der Waals surface area (Å²) < 4.78 is 7.17. The quantitative estimate of drug-likeness (QED) is 0.809. The van der Waals surface area contributed by atoms with Crippen molar-refractivity contribution in [1.82, 2.24) is 14.7 Å². The van der Waals surface area contributed by atoms with Gasteiger partial charge in [-0.1, -0.05) is 19.1 Å². The minimum absolute atomic E-state index is 0.0188. The molecule has 0 aliphatic heterocycles. The Morgan fingerprint density at radius 2 is 2.14 bits per heavy atom. The normalized spacial score (nSPS) is 10.9. The molecule has 0 saturated heterocycles. The van der Waals surface area contributed by atoms with Gasteiger partial charge in [0.2, 0.25) is 0 Å². The van der Waals surface area contributed by atoms with E-state index in [0.29, 0.717) is 6.54 Å². The molecule has 118 valence electrons. The third kappa shape index (κ3) is 3.85. The van der Waals surface area contributed by atoms with Crippen LogP contribution in [0.1, 0.15) is 19.0 Å².